The van der Waals surface area contributed by atoms with Crippen LogP contribution < -0.4 is 9.47 Å². The molecule has 0 heterocycles. The van der Waals surface area contributed by atoms with Crippen molar-refractivity contribution in [2.45, 2.75) is 27.2 Å². The van der Waals surface area contributed by atoms with E-state index in [0.717, 1.165) is 16.9 Å². The molecule has 146 valence electrons. The molecular weight excluding hydrogens is 356 g/mol. The van der Waals surface area contributed by atoms with Gasteiger partial charge in [0.15, 0.2) is 12.4 Å². The number of rotatable bonds is 9. The average Bonchev–Trinajstić information content (AvgIpc) is 2.69. The van der Waals surface area contributed by atoms with Crippen molar-refractivity contribution in [3.63, 3.8) is 0 Å². The monoisotopic (exact) mass is 380 g/mol. The van der Waals surface area contributed by atoms with Crippen LogP contribution in [0.5, 0.6) is 11.5 Å². The Bertz CT molecular complexity index is 892. The third kappa shape index (κ3) is 6.13. The Morgan fingerprint density at radius 3 is 2.43 bits per heavy atom. The van der Waals surface area contributed by atoms with Crippen LogP contribution in [0.15, 0.2) is 60.4 Å². The van der Waals surface area contributed by atoms with Crippen molar-refractivity contribution in [1.82, 2.24) is 0 Å². The van der Waals surface area contributed by atoms with Gasteiger partial charge in [-0.05, 0) is 43.7 Å². The Morgan fingerprint density at radius 2 is 1.82 bits per heavy atom. The smallest absolute Gasteiger partial charge is 0.341 e. The molecule has 0 aliphatic rings. The zero-order chi connectivity index (χ0) is 20.5. The highest BCUT2D eigenvalue weighted by molar-refractivity contribution is 6.08. The van der Waals surface area contributed by atoms with E-state index in [-0.39, 0.29) is 17.1 Å². The number of carbonyl (C=O) groups excluding carboxylic acids is 1. The summed E-state index contributed by atoms with van der Waals surface area (Å²) in [6.45, 7) is 5.28. The molecule has 0 radical (unpaired) electrons. The summed E-state index contributed by atoms with van der Waals surface area (Å²) in [6, 6.07) is 12.5. The summed E-state index contributed by atoms with van der Waals surface area (Å²) < 4.78 is 11.1. The molecule has 0 saturated heterocycles. The summed E-state index contributed by atoms with van der Waals surface area (Å²) in [6.07, 6.45) is 5.71. The van der Waals surface area contributed by atoms with Crippen molar-refractivity contribution >= 4 is 17.8 Å². The van der Waals surface area contributed by atoms with E-state index >= 15 is 0 Å². The minimum atomic E-state index is -1.12. The number of ketones is 1. The van der Waals surface area contributed by atoms with Crippen LogP contribution in [0.1, 0.15) is 41.8 Å². The molecule has 0 aromatic heterocycles. The number of allylic oxidation sites excluding steroid dienone is 3. The number of aryl methyl sites for hydroxylation is 1. The van der Waals surface area contributed by atoms with Crippen LogP contribution in [0.4, 0.5) is 0 Å². The highest BCUT2D eigenvalue weighted by Gasteiger charge is 2.14. The predicted molar refractivity (Wildman–Crippen MR) is 109 cm³/mol. The average molecular weight is 380 g/mol. The molecule has 5 heteroatoms. The Morgan fingerprint density at radius 1 is 1.11 bits per heavy atom. The standard InChI is InChI=1S/C23H24O5/c1-4-18(5-2)28-19-11-12-20(22(14-19)27-15-23(25)26)21(24)13-10-17-8-6-16(3)7-9-17/h4,6-14H,5,15H2,1-3H3,(H,25,26). The number of aliphatic carboxylic acids is 1. The lowest BCUT2D eigenvalue weighted by atomic mass is 10.1. The van der Waals surface area contributed by atoms with Gasteiger partial charge in [-0.15, -0.1) is 0 Å². The fourth-order valence-corrected chi connectivity index (χ4v) is 2.45. The second kappa shape index (κ2) is 10.1. The molecule has 2 aromatic rings. The fourth-order valence-electron chi connectivity index (χ4n) is 2.45. The van der Waals surface area contributed by atoms with Gasteiger partial charge in [-0.3, -0.25) is 4.79 Å². The van der Waals surface area contributed by atoms with E-state index < -0.39 is 12.6 Å². The first-order chi connectivity index (χ1) is 13.4. The van der Waals surface area contributed by atoms with Gasteiger partial charge in [-0.1, -0.05) is 42.8 Å². The number of carbonyl (C=O) groups is 2. The summed E-state index contributed by atoms with van der Waals surface area (Å²) in [5, 5.41) is 8.91. The molecule has 1 N–H and O–H groups in total. The topological polar surface area (TPSA) is 72.8 Å². The molecule has 0 bridgehead atoms. The van der Waals surface area contributed by atoms with Crippen LogP contribution >= 0.6 is 0 Å². The van der Waals surface area contributed by atoms with Crippen LogP contribution in [0.2, 0.25) is 0 Å². The van der Waals surface area contributed by atoms with Gasteiger partial charge in [-0.2, -0.15) is 0 Å². The van der Waals surface area contributed by atoms with Crippen LogP contribution in [0, 0.1) is 6.92 Å². The minimum Gasteiger partial charge on any atom is -0.481 e. The zero-order valence-electron chi connectivity index (χ0n) is 16.3. The largest absolute Gasteiger partial charge is 0.481 e. The normalized spacial score (nSPS) is 11.5. The molecule has 0 aliphatic heterocycles. The lowest BCUT2D eigenvalue weighted by molar-refractivity contribution is -0.139. The van der Waals surface area contributed by atoms with Crippen molar-refractivity contribution in [3.8, 4) is 11.5 Å². The maximum absolute atomic E-state index is 12.6. The van der Waals surface area contributed by atoms with Crippen LogP contribution in [-0.2, 0) is 4.79 Å². The highest BCUT2D eigenvalue weighted by Crippen LogP contribution is 2.27. The summed E-state index contributed by atoms with van der Waals surface area (Å²) in [7, 11) is 0. The summed E-state index contributed by atoms with van der Waals surface area (Å²) in [5.41, 5.74) is 2.30. The molecule has 2 aromatic carbocycles. The summed E-state index contributed by atoms with van der Waals surface area (Å²) >= 11 is 0. The van der Waals surface area contributed by atoms with Crippen LogP contribution in [0.25, 0.3) is 6.08 Å². The van der Waals surface area contributed by atoms with E-state index in [9.17, 15) is 9.59 Å². The number of carboxylic acid groups (broad SMARTS) is 1. The number of hydrogen-bond donors (Lipinski definition) is 1. The summed E-state index contributed by atoms with van der Waals surface area (Å²) in [5.74, 6) is 0.0128. The number of ether oxygens (including phenoxy) is 2. The van der Waals surface area contributed by atoms with Crippen molar-refractivity contribution in [2.75, 3.05) is 6.61 Å². The highest BCUT2D eigenvalue weighted by atomic mass is 16.5. The van der Waals surface area contributed by atoms with E-state index in [1.54, 1.807) is 18.2 Å². The molecule has 0 amide bonds. The maximum atomic E-state index is 12.6. The molecule has 0 spiro atoms. The van der Waals surface area contributed by atoms with Crippen molar-refractivity contribution in [3.05, 3.63) is 77.1 Å². The molecule has 0 atom stereocenters. The Balaban J connectivity index is 2.28. The lowest BCUT2D eigenvalue weighted by Crippen LogP contribution is -2.12. The number of benzene rings is 2. The Kier molecular flexibility index (Phi) is 7.57. The van der Waals surface area contributed by atoms with E-state index in [1.165, 1.54) is 12.1 Å². The molecule has 0 saturated carbocycles. The molecule has 0 fully saturated rings. The molecule has 28 heavy (non-hydrogen) atoms. The Hall–Kier alpha value is -3.34. The van der Waals surface area contributed by atoms with E-state index in [1.807, 2.05) is 51.1 Å². The van der Waals surface area contributed by atoms with Gasteiger partial charge in [0, 0.05) is 12.5 Å². The maximum Gasteiger partial charge on any atom is 0.341 e. The van der Waals surface area contributed by atoms with Crippen molar-refractivity contribution < 1.29 is 24.2 Å². The molecule has 0 aliphatic carbocycles. The van der Waals surface area contributed by atoms with Gasteiger partial charge in [-0.25, -0.2) is 4.79 Å². The first-order valence-corrected chi connectivity index (χ1v) is 9.03. The van der Waals surface area contributed by atoms with Crippen LogP contribution in [-0.4, -0.2) is 23.5 Å². The zero-order valence-corrected chi connectivity index (χ0v) is 16.3. The number of carboxylic acids is 1. The SMILES string of the molecule is CC=C(CC)Oc1ccc(C(=O)C=Cc2ccc(C)cc2)c(OCC(=O)O)c1. The van der Waals surface area contributed by atoms with E-state index in [4.69, 9.17) is 14.6 Å². The third-order valence-electron chi connectivity index (χ3n) is 3.99. The quantitative estimate of drug-likeness (QED) is 0.374. The van der Waals surface area contributed by atoms with Crippen LogP contribution in [0.3, 0.4) is 0 Å². The molecule has 5 nitrogen and oxygen atoms in total. The van der Waals surface area contributed by atoms with Gasteiger partial charge in [0.05, 0.1) is 11.3 Å². The second-order valence-corrected chi connectivity index (χ2v) is 6.16. The Labute approximate surface area is 164 Å². The lowest BCUT2D eigenvalue weighted by Gasteiger charge is -2.12. The minimum absolute atomic E-state index is 0.171. The predicted octanol–water partition coefficient (Wildman–Crippen LogP) is 5.05. The van der Waals surface area contributed by atoms with Gasteiger partial charge in [0.2, 0.25) is 0 Å². The molecule has 0 unspecified atom stereocenters. The van der Waals surface area contributed by atoms with Crippen molar-refractivity contribution in [2.24, 2.45) is 0 Å². The van der Waals surface area contributed by atoms with Gasteiger partial charge in [0.25, 0.3) is 0 Å². The second-order valence-electron chi connectivity index (χ2n) is 6.16. The third-order valence-corrected chi connectivity index (χ3v) is 3.99. The summed E-state index contributed by atoms with van der Waals surface area (Å²) in [4.78, 5) is 23.5. The van der Waals surface area contributed by atoms with Gasteiger partial charge in [0.1, 0.15) is 11.5 Å². The van der Waals surface area contributed by atoms with E-state index in [0.29, 0.717) is 12.2 Å². The van der Waals surface area contributed by atoms with E-state index in [2.05, 4.69) is 0 Å². The number of hydrogen-bond acceptors (Lipinski definition) is 4. The first kappa shape index (κ1) is 21.0. The fraction of sp³-hybridized carbons (Fsp3) is 0.217. The van der Waals surface area contributed by atoms with Crippen molar-refractivity contribution in [1.29, 1.82) is 0 Å². The first-order valence-electron chi connectivity index (χ1n) is 9.03. The van der Waals surface area contributed by atoms with Gasteiger partial charge < -0.3 is 14.6 Å². The molecule has 2 rings (SSSR count). The van der Waals surface area contributed by atoms with Gasteiger partial charge >= 0.3 is 5.97 Å². The molecular formula is C23H24O5.